The third-order valence-electron chi connectivity index (χ3n) is 6.12. The van der Waals surface area contributed by atoms with Gasteiger partial charge in [0.1, 0.15) is 0 Å². The van der Waals surface area contributed by atoms with E-state index in [-0.39, 0.29) is 0 Å². The Morgan fingerprint density at radius 2 is 1.85 bits per heavy atom. The number of nitrogens with zero attached hydrogens (tertiary/aromatic N) is 2. The van der Waals surface area contributed by atoms with E-state index in [4.69, 9.17) is 4.98 Å². The molecule has 4 aromatic rings. The molecule has 2 aliphatic rings. The van der Waals surface area contributed by atoms with E-state index in [1.807, 2.05) is 6.21 Å². The minimum atomic E-state index is 0.809. The van der Waals surface area contributed by atoms with Gasteiger partial charge in [0.05, 0.1) is 17.8 Å². The lowest BCUT2D eigenvalue weighted by Crippen LogP contribution is -2.08. The highest BCUT2D eigenvalue weighted by Gasteiger charge is 2.21. The van der Waals surface area contributed by atoms with Crippen molar-refractivity contribution in [2.24, 2.45) is 4.99 Å². The minimum absolute atomic E-state index is 0.809. The lowest BCUT2D eigenvalue weighted by atomic mass is 9.85. The van der Waals surface area contributed by atoms with Crippen molar-refractivity contribution in [3.8, 4) is 11.3 Å². The maximum absolute atomic E-state index is 5.19. The summed E-state index contributed by atoms with van der Waals surface area (Å²) in [7, 11) is 0. The van der Waals surface area contributed by atoms with E-state index >= 15 is 0 Å². The van der Waals surface area contributed by atoms with Crippen LogP contribution in [0.25, 0.3) is 33.1 Å². The first-order valence-electron chi connectivity index (χ1n) is 9.85. The number of hydrogen-bond acceptors (Lipinski definition) is 2. The molecule has 132 valence electrons. The molecule has 1 aliphatic carbocycles. The highest BCUT2D eigenvalue weighted by Crippen LogP contribution is 2.38. The summed E-state index contributed by atoms with van der Waals surface area (Å²) in [6, 6.07) is 13.4. The minimum Gasteiger partial charge on any atom is -0.359 e. The van der Waals surface area contributed by atoms with Gasteiger partial charge in [-0.3, -0.25) is 4.99 Å². The van der Waals surface area contributed by atoms with Crippen molar-refractivity contribution in [1.82, 2.24) is 9.97 Å². The van der Waals surface area contributed by atoms with Crippen molar-refractivity contribution >= 4 is 28.0 Å². The summed E-state index contributed by atoms with van der Waals surface area (Å²) in [6.07, 6.45) is 6.79. The van der Waals surface area contributed by atoms with Crippen molar-refractivity contribution < 1.29 is 0 Å². The van der Waals surface area contributed by atoms with Crippen LogP contribution in [0.15, 0.2) is 41.4 Å². The van der Waals surface area contributed by atoms with Crippen molar-refractivity contribution in [3.05, 3.63) is 64.3 Å². The second kappa shape index (κ2) is 5.53. The summed E-state index contributed by atoms with van der Waals surface area (Å²) < 4.78 is 0. The Morgan fingerprint density at radius 3 is 2.78 bits per heavy atom. The predicted molar refractivity (Wildman–Crippen MR) is 112 cm³/mol. The fraction of sp³-hybridized carbons (Fsp3) is 0.250. The first-order chi connectivity index (χ1) is 13.3. The van der Waals surface area contributed by atoms with E-state index in [0.717, 1.165) is 24.9 Å². The van der Waals surface area contributed by atoms with E-state index in [1.165, 1.54) is 68.3 Å². The average molecular weight is 351 g/mol. The molecule has 0 atom stereocenters. The summed E-state index contributed by atoms with van der Waals surface area (Å²) in [5.41, 5.74) is 11.5. The number of H-pyrrole nitrogens is 1. The molecule has 3 nitrogen and oxygen atoms in total. The summed E-state index contributed by atoms with van der Waals surface area (Å²) >= 11 is 0. The van der Waals surface area contributed by atoms with Crippen LogP contribution in [-0.2, 0) is 19.4 Å². The molecule has 0 fully saturated rings. The van der Waals surface area contributed by atoms with E-state index in [2.05, 4.69) is 53.3 Å². The molecule has 0 amide bonds. The van der Waals surface area contributed by atoms with Crippen LogP contribution in [0, 0.1) is 6.92 Å². The maximum atomic E-state index is 5.19. The Balaban J connectivity index is 1.69. The van der Waals surface area contributed by atoms with Gasteiger partial charge in [-0.25, -0.2) is 4.98 Å². The second-order valence-electron chi connectivity index (χ2n) is 7.88. The summed E-state index contributed by atoms with van der Waals surface area (Å²) in [5.74, 6) is 0. The van der Waals surface area contributed by atoms with Gasteiger partial charge in [-0.15, -0.1) is 0 Å². The number of fused-ring (bicyclic) bond motifs is 6. The van der Waals surface area contributed by atoms with Gasteiger partial charge >= 0.3 is 0 Å². The molecular weight excluding hydrogens is 330 g/mol. The van der Waals surface area contributed by atoms with Crippen LogP contribution < -0.4 is 0 Å². The highest BCUT2D eigenvalue weighted by molar-refractivity contribution is 6.08. The topological polar surface area (TPSA) is 41.0 Å². The molecule has 1 aliphatic heterocycles. The molecule has 0 bridgehead atoms. The standard InChI is InChI=1S/C24H21N3/c1-14-10-20-21(26-14)8-9-22-23(20)18-4-2-3-5-19(18)24(27-22)15-6-7-16-12-25-13-17(16)11-15/h6-11,13,26H,2-5,12H2,1H3. The Hall–Kier alpha value is -2.94. The molecule has 27 heavy (non-hydrogen) atoms. The van der Waals surface area contributed by atoms with Crippen LogP contribution in [0.3, 0.4) is 0 Å². The molecule has 2 aromatic carbocycles. The first kappa shape index (κ1) is 15.2. The monoisotopic (exact) mass is 351 g/mol. The van der Waals surface area contributed by atoms with Crippen molar-refractivity contribution in [2.45, 2.75) is 39.2 Å². The van der Waals surface area contributed by atoms with Gasteiger partial charge in [-0.2, -0.15) is 0 Å². The van der Waals surface area contributed by atoms with E-state index < -0.39 is 0 Å². The number of benzene rings is 2. The highest BCUT2D eigenvalue weighted by atomic mass is 14.7. The zero-order valence-electron chi connectivity index (χ0n) is 15.5. The van der Waals surface area contributed by atoms with Crippen LogP contribution in [0.1, 0.15) is 40.8 Å². The fourth-order valence-electron chi connectivity index (χ4n) is 4.86. The number of hydrogen-bond donors (Lipinski definition) is 1. The zero-order valence-corrected chi connectivity index (χ0v) is 15.5. The lowest BCUT2D eigenvalue weighted by Gasteiger charge is -2.22. The number of aryl methyl sites for hydroxylation is 2. The molecule has 0 saturated carbocycles. The molecule has 1 N–H and O–H groups in total. The van der Waals surface area contributed by atoms with Crippen LogP contribution in [0.5, 0.6) is 0 Å². The molecule has 3 heteroatoms. The molecule has 2 aromatic heterocycles. The molecule has 0 saturated heterocycles. The van der Waals surface area contributed by atoms with Crippen LogP contribution in [-0.4, -0.2) is 16.2 Å². The maximum Gasteiger partial charge on any atom is 0.0744 e. The van der Waals surface area contributed by atoms with Gasteiger partial charge in [-0.05, 0) is 79.1 Å². The molecule has 6 rings (SSSR count). The van der Waals surface area contributed by atoms with Crippen molar-refractivity contribution in [2.75, 3.05) is 0 Å². The average Bonchev–Trinajstić information content (AvgIpc) is 3.31. The van der Waals surface area contributed by atoms with E-state index in [1.54, 1.807) is 0 Å². The third kappa shape index (κ3) is 2.21. The van der Waals surface area contributed by atoms with Crippen LogP contribution in [0.2, 0.25) is 0 Å². The smallest absolute Gasteiger partial charge is 0.0744 e. The molecular formula is C24H21N3. The second-order valence-corrected chi connectivity index (χ2v) is 7.88. The summed E-state index contributed by atoms with van der Waals surface area (Å²) in [5, 5.41) is 2.68. The quantitative estimate of drug-likeness (QED) is 0.483. The summed E-state index contributed by atoms with van der Waals surface area (Å²) in [4.78, 5) is 13.1. The number of aromatic nitrogens is 2. The number of aromatic amines is 1. The number of rotatable bonds is 1. The lowest BCUT2D eigenvalue weighted by molar-refractivity contribution is 0.689. The van der Waals surface area contributed by atoms with Crippen LogP contribution in [0.4, 0.5) is 0 Å². The van der Waals surface area contributed by atoms with E-state index in [9.17, 15) is 0 Å². The third-order valence-corrected chi connectivity index (χ3v) is 6.12. The van der Waals surface area contributed by atoms with Crippen molar-refractivity contribution in [3.63, 3.8) is 0 Å². The molecule has 0 radical (unpaired) electrons. The molecule has 0 spiro atoms. The van der Waals surface area contributed by atoms with Gasteiger partial charge in [-0.1, -0.05) is 12.1 Å². The first-order valence-corrected chi connectivity index (χ1v) is 9.85. The van der Waals surface area contributed by atoms with E-state index in [0.29, 0.717) is 0 Å². The predicted octanol–water partition coefficient (Wildman–Crippen LogP) is 5.50. The molecule has 0 unspecified atom stereocenters. The SMILES string of the molecule is Cc1cc2c(ccc3nc(-c4ccc5c(c4)C=NC5)c4c(c32)CCCC4)[nH]1. The van der Waals surface area contributed by atoms with Gasteiger partial charge in [0.15, 0.2) is 0 Å². The Morgan fingerprint density at radius 1 is 0.963 bits per heavy atom. The largest absolute Gasteiger partial charge is 0.359 e. The number of pyridine rings is 1. The Kier molecular flexibility index (Phi) is 3.10. The van der Waals surface area contributed by atoms with Crippen LogP contribution >= 0.6 is 0 Å². The number of aliphatic imine (C=N–C) groups is 1. The van der Waals surface area contributed by atoms with Gasteiger partial charge in [0.25, 0.3) is 0 Å². The van der Waals surface area contributed by atoms with Crippen molar-refractivity contribution in [1.29, 1.82) is 0 Å². The Bertz CT molecular complexity index is 1260. The fourth-order valence-corrected chi connectivity index (χ4v) is 4.86. The van der Waals surface area contributed by atoms with Gasteiger partial charge in [0.2, 0.25) is 0 Å². The van der Waals surface area contributed by atoms with Gasteiger partial charge < -0.3 is 4.98 Å². The normalized spacial score (nSPS) is 15.4. The Labute approximate surface area is 158 Å². The number of nitrogens with one attached hydrogen (secondary N) is 1. The summed E-state index contributed by atoms with van der Waals surface area (Å²) in [6.45, 7) is 2.94. The zero-order chi connectivity index (χ0) is 18.0. The van der Waals surface area contributed by atoms with Gasteiger partial charge in [0, 0.05) is 33.8 Å². The molecule has 3 heterocycles.